The number of hydrogen-bond acceptors (Lipinski definition) is 4. The van der Waals surface area contributed by atoms with Gasteiger partial charge in [0.15, 0.2) is 0 Å². The van der Waals surface area contributed by atoms with Crippen LogP contribution in [-0.4, -0.2) is 43.6 Å². The Labute approximate surface area is 155 Å². The molecule has 1 amide bonds. The Morgan fingerprint density at radius 1 is 1.27 bits per heavy atom. The van der Waals surface area contributed by atoms with Crippen LogP contribution in [-0.2, 0) is 11.3 Å². The molecule has 0 radical (unpaired) electrons. The van der Waals surface area contributed by atoms with Crippen LogP contribution in [0, 0.1) is 5.41 Å². The molecule has 6 heteroatoms. The molecule has 1 aliphatic heterocycles. The van der Waals surface area contributed by atoms with E-state index in [1.54, 1.807) is 6.20 Å². The van der Waals surface area contributed by atoms with Gasteiger partial charge in [-0.2, -0.15) is 5.10 Å². The Kier molecular flexibility index (Phi) is 5.39. The van der Waals surface area contributed by atoms with Crippen LogP contribution in [0.25, 0.3) is 11.4 Å². The van der Waals surface area contributed by atoms with Crippen molar-refractivity contribution in [2.75, 3.05) is 13.1 Å². The fourth-order valence-electron chi connectivity index (χ4n) is 3.50. The third-order valence-corrected chi connectivity index (χ3v) is 4.85. The Hall–Kier alpha value is -2.24. The highest BCUT2D eigenvalue weighted by Gasteiger charge is 2.32. The second-order valence-electron chi connectivity index (χ2n) is 8.11. The number of hydrogen-bond donors (Lipinski definition) is 0. The van der Waals surface area contributed by atoms with Crippen molar-refractivity contribution in [3.05, 3.63) is 30.4 Å². The average molecular weight is 355 g/mol. The number of likely N-dealkylation sites (tertiary alicyclic amines) is 1. The van der Waals surface area contributed by atoms with Crippen molar-refractivity contribution in [2.45, 2.75) is 59.4 Å². The number of carbonyl (C=O) groups excluding carboxylic acids is 1. The van der Waals surface area contributed by atoms with E-state index in [1.165, 1.54) is 0 Å². The Morgan fingerprint density at radius 2 is 2.08 bits per heavy atom. The van der Waals surface area contributed by atoms with E-state index in [-0.39, 0.29) is 17.2 Å². The quantitative estimate of drug-likeness (QED) is 0.842. The van der Waals surface area contributed by atoms with E-state index < -0.39 is 0 Å². The molecule has 0 N–H and O–H groups in total. The van der Waals surface area contributed by atoms with Gasteiger partial charge in [-0.1, -0.05) is 27.7 Å². The topological polar surface area (TPSA) is 63.9 Å². The summed E-state index contributed by atoms with van der Waals surface area (Å²) in [5.74, 6) is 0.479. The summed E-state index contributed by atoms with van der Waals surface area (Å²) >= 11 is 0. The highest BCUT2D eigenvalue weighted by atomic mass is 16.2. The summed E-state index contributed by atoms with van der Waals surface area (Å²) in [7, 11) is 0. The van der Waals surface area contributed by atoms with Crippen molar-refractivity contribution < 1.29 is 4.79 Å². The second kappa shape index (κ2) is 7.56. The number of carbonyl (C=O) groups is 1. The normalized spacial score (nSPS) is 18.2. The molecule has 1 fully saturated rings. The summed E-state index contributed by atoms with van der Waals surface area (Å²) in [6.07, 6.45) is 8.60. The lowest BCUT2D eigenvalue weighted by Gasteiger charge is -2.36. The molecule has 0 aliphatic carbocycles. The molecule has 0 aromatic carbocycles. The van der Waals surface area contributed by atoms with Gasteiger partial charge in [0.25, 0.3) is 0 Å². The van der Waals surface area contributed by atoms with Crippen LogP contribution in [0.5, 0.6) is 0 Å². The van der Waals surface area contributed by atoms with Crippen molar-refractivity contribution in [3.8, 4) is 11.4 Å². The first kappa shape index (κ1) is 18.5. The maximum atomic E-state index is 12.6. The lowest BCUT2D eigenvalue weighted by atomic mass is 9.90. The number of piperidine rings is 1. The molecule has 0 bridgehead atoms. The highest BCUT2D eigenvalue weighted by molar-refractivity contribution is 5.81. The van der Waals surface area contributed by atoms with E-state index in [2.05, 4.69) is 22.0 Å². The zero-order chi connectivity index (χ0) is 18.7. The number of amides is 1. The van der Waals surface area contributed by atoms with Gasteiger partial charge in [0.1, 0.15) is 5.69 Å². The number of aryl methyl sites for hydroxylation is 1. The van der Waals surface area contributed by atoms with Gasteiger partial charge in [0.2, 0.25) is 5.91 Å². The zero-order valence-corrected chi connectivity index (χ0v) is 16.3. The van der Waals surface area contributed by atoms with Crippen LogP contribution in [0.3, 0.4) is 0 Å². The van der Waals surface area contributed by atoms with E-state index in [0.29, 0.717) is 0 Å². The van der Waals surface area contributed by atoms with Gasteiger partial charge < -0.3 is 4.90 Å². The molecule has 3 rings (SSSR count). The van der Waals surface area contributed by atoms with Crippen LogP contribution in [0.1, 0.15) is 58.6 Å². The van der Waals surface area contributed by atoms with E-state index in [9.17, 15) is 4.79 Å². The SMILES string of the molecule is CCCn1nccc1-c1cnc(C2CCCN(C(=O)C(C)(C)C)C2)cn1. The van der Waals surface area contributed by atoms with Gasteiger partial charge in [0, 0.05) is 43.4 Å². The highest BCUT2D eigenvalue weighted by Crippen LogP contribution is 2.29. The smallest absolute Gasteiger partial charge is 0.227 e. The Morgan fingerprint density at radius 3 is 2.73 bits per heavy atom. The molecule has 140 valence electrons. The van der Waals surface area contributed by atoms with Gasteiger partial charge in [-0.3, -0.25) is 19.4 Å². The number of rotatable bonds is 4. The third-order valence-electron chi connectivity index (χ3n) is 4.85. The largest absolute Gasteiger partial charge is 0.342 e. The minimum absolute atomic E-state index is 0.218. The van der Waals surface area contributed by atoms with E-state index in [1.807, 2.05) is 48.8 Å². The monoisotopic (exact) mass is 355 g/mol. The van der Waals surface area contributed by atoms with Gasteiger partial charge >= 0.3 is 0 Å². The van der Waals surface area contributed by atoms with Crippen LogP contribution < -0.4 is 0 Å². The zero-order valence-electron chi connectivity index (χ0n) is 16.3. The Bertz CT molecular complexity index is 744. The summed E-state index contributed by atoms with van der Waals surface area (Å²) in [5, 5.41) is 4.35. The predicted molar refractivity (Wildman–Crippen MR) is 102 cm³/mol. The van der Waals surface area contributed by atoms with Gasteiger partial charge in [-0.05, 0) is 25.3 Å². The summed E-state index contributed by atoms with van der Waals surface area (Å²) < 4.78 is 1.97. The fraction of sp³-hybridized carbons (Fsp3) is 0.600. The van der Waals surface area contributed by atoms with Crippen molar-refractivity contribution in [2.24, 2.45) is 5.41 Å². The molecule has 1 aliphatic rings. The van der Waals surface area contributed by atoms with E-state index >= 15 is 0 Å². The first-order valence-electron chi connectivity index (χ1n) is 9.53. The van der Waals surface area contributed by atoms with E-state index in [0.717, 1.165) is 56.0 Å². The molecule has 1 atom stereocenters. The van der Waals surface area contributed by atoms with Gasteiger partial charge in [-0.15, -0.1) is 0 Å². The van der Waals surface area contributed by atoms with Crippen molar-refractivity contribution in [1.29, 1.82) is 0 Å². The molecule has 1 saturated heterocycles. The first-order valence-corrected chi connectivity index (χ1v) is 9.53. The maximum Gasteiger partial charge on any atom is 0.227 e. The van der Waals surface area contributed by atoms with Crippen molar-refractivity contribution >= 4 is 5.91 Å². The number of aromatic nitrogens is 4. The summed E-state index contributed by atoms with van der Waals surface area (Å²) in [6.45, 7) is 10.5. The molecular formula is C20H29N5O. The lowest BCUT2D eigenvalue weighted by molar-refractivity contribution is -0.140. The molecule has 0 spiro atoms. The molecule has 1 unspecified atom stereocenters. The number of nitrogens with zero attached hydrogens (tertiary/aromatic N) is 5. The van der Waals surface area contributed by atoms with E-state index in [4.69, 9.17) is 0 Å². The molecule has 3 heterocycles. The second-order valence-corrected chi connectivity index (χ2v) is 8.11. The minimum Gasteiger partial charge on any atom is -0.342 e. The summed E-state index contributed by atoms with van der Waals surface area (Å²) in [6, 6.07) is 1.98. The van der Waals surface area contributed by atoms with Crippen LogP contribution in [0.2, 0.25) is 0 Å². The molecular weight excluding hydrogens is 326 g/mol. The van der Waals surface area contributed by atoms with Crippen LogP contribution in [0.15, 0.2) is 24.7 Å². The average Bonchev–Trinajstić information content (AvgIpc) is 3.09. The molecule has 2 aromatic rings. The predicted octanol–water partition coefficient (Wildman–Crippen LogP) is 3.50. The standard InChI is InChI=1S/C20H29N5O/c1-5-10-25-18(8-9-23-25)17-13-21-16(12-22-17)15-7-6-11-24(14-15)19(26)20(2,3)4/h8-9,12-13,15H,5-7,10-11,14H2,1-4H3. The summed E-state index contributed by atoms with van der Waals surface area (Å²) in [4.78, 5) is 23.9. The molecule has 2 aromatic heterocycles. The molecule has 26 heavy (non-hydrogen) atoms. The van der Waals surface area contributed by atoms with Crippen molar-refractivity contribution in [1.82, 2.24) is 24.6 Å². The third kappa shape index (κ3) is 3.94. The molecule has 0 saturated carbocycles. The first-order chi connectivity index (χ1) is 12.4. The minimum atomic E-state index is -0.338. The maximum absolute atomic E-state index is 12.6. The van der Waals surface area contributed by atoms with Crippen LogP contribution >= 0.6 is 0 Å². The van der Waals surface area contributed by atoms with Gasteiger partial charge in [-0.25, -0.2) is 0 Å². The fourth-order valence-corrected chi connectivity index (χ4v) is 3.50. The molecule has 6 nitrogen and oxygen atoms in total. The Balaban J connectivity index is 1.74. The lowest BCUT2D eigenvalue weighted by Crippen LogP contribution is -2.44. The van der Waals surface area contributed by atoms with Gasteiger partial charge in [0.05, 0.1) is 17.6 Å². The van der Waals surface area contributed by atoms with Crippen LogP contribution in [0.4, 0.5) is 0 Å². The van der Waals surface area contributed by atoms with Crippen molar-refractivity contribution in [3.63, 3.8) is 0 Å². The summed E-state index contributed by atoms with van der Waals surface area (Å²) in [5.41, 5.74) is 2.48.